The lowest BCUT2D eigenvalue weighted by atomic mass is 9.82. The summed E-state index contributed by atoms with van der Waals surface area (Å²) in [5.74, 6) is -1.48. The predicted octanol–water partition coefficient (Wildman–Crippen LogP) is 6.59. The number of amides is 1. The van der Waals surface area contributed by atoms with E-state index >= 15 is 0 Å². The van der Waals surface area contributed by atoms with Gasteiger partial charge in [-0.2, -0.15) is 0 Å². The molecule has 240 valence electrons. The summed E-state index contributed by atoms with van der Waals surface area (Å²) in [6, 6.07) is 33.4. The molecule has 48 heavy (non-hydrogen) atoms. The molecular weight excluding hydrogens is 659 g/mol. The minimum Gasteiger partial charge on any atom is -0.480 e. The molecule has 1 amide bonds. The number of hydrogen-bond acceptors (Lipinski definition) is 7. The van der Waals surface area contributed by atoms with Crippen molar-refractivity contribution in [1.82, 2.24) is 9.47 Å². The third kappa shape index (κ3) is 5.39. The van der Waals surface area contributed by atoms with E-state index in [1.54, 1.807) is 6.08 Å². The van der Waals surface area contributed by atoms with Crippen LogP contribution in [0.15, 0.2) is 102 Å². The van der Waals surface area contributed by atoms with Crippen LogP contribution in [0.4, 0.5) is 17.1 Å². The zero-order valence-corrected chi connectivity index (χ0v) is 28.9. The van der Waals surface area contributed by atoms with Gasteiger partial charge in [0.05, 0.1) is 4.53 Å². The van der Waals surface area contributed by atoms with Crippen molar-refractivity contribution in [1.29, 1.82) is 0 Å². The van der Waals surface area contributed by atoms with Crippen LogP contribution in [0, 0.1) is 0 Å². The summed E-state index contributed by atoms with van der Waals surface area (Å²) in [6.07, 6.45) is 1.74. The molecule has 0 radical (unpaired) electrons. The van der Waals surface area contributed by atoms with Crippen molar-refractivity contribution in [3.8, 4) is 11.1 Å². The predicted molar refractivity (Wildman–Crippen MR) is 199 cm³/mol. The molecule has 1 aliphatic heterocycles. The van der Waals surface area contributed by atoms with Gasteiger partial charge in [0.1, 0.15) is 20.4 Å². The minimum absolute atomic E-state index is 0.143. The number of carboxylic acid groups (broad SMARTS) is 1. The van der Waals surface area contributed by atoms with Gasteiger partial charge < -0.3 is 10.0 Å². The Morgan fingerprint density at radius 1 is 0.875 bits per heavy atom. The van der Waals surface area contributed by atoms with E-state index in [0.29, 0.717) is 20.1 Å². The summed E-state index contributed by atoms with van der Waals surface area (Å²) < 4.78 is 2.18. The van der Waals surface area contributed by atoms with Gasteiger partial charge >= 0.3 is 5.97 Å². The number of carbonyl (C=O) groups is 2. The summed E-state index contributed by atoms with van der Waals surface area (Å²) in [6.45, 7) is 6.20. The molecule has 0 spiro atoms. The molecule has 5 aromatic rings. The molecule has 2 aliphatic rings. The molecule has 1 saturated heterocycles. The highest BCUT2D eigenvalue weighted by molar-refractivity contribution is 8.30. The largest absolute Gasteiger partial charge is 0.480 e. The molecule has 7 nitrogen and oxygen atoms in total. The highest BCUT2D eigenvalue weighted by Gasteiger charge is 2.36. The summed E-state index contributed by atoms with van der Waals surface area (Å²) in [5, 5.41) is 9.56. The lowest BCUT2D eigenvalue weighted by Crippen LogP contribution is -2.35. The first-order valence-electron chi connectivity index (χ1n) is 15.5. The molecule has 0 atom stereocenters. The van der Waals surface area contributed by atoms with E-state index in [2.05, 4.69) is 73.3 Å². The molecule has 1 fully saturated rings. The summed E-state index contributed by atoms with van der Waals surface area (Å²) >= 11 is 7.56. The van der Waals surface area contributed by atoms with Gasteiger partial charge in [-0.3, -0.25) is 23.9 Å². The number of anilines is 3. The van der Waals surface area contributed by atoms with Gasteiger partial charge in [-0.25, -0.2) is 0 Å². The Hall–Kier alpha value is -4.77. The first-order chi connectivity index (χ1) is 23.1. The van der Waals surface area contributed by atoms with Gasteiger partial charge in [-0.05, 0) is 77.2 Å². The van der Waals surface area contributed by atoms with Crippen LogP contribution in [-0.2, 0) is 21.5 Å². The van der Waals surface area contributed by atoms with Crippen LogP contribution in [0.5, 0.6) is 0 Å². The molecular formula is C38H31N3O4S3. The zero-order chi connectivity index (χ0) is 33.7. The molecule has 0 unspecified atom stereocenters. The number of rotatable bonds is 7. The zero-order valence-electron chi connectivity index (χ0n) is 26.5. The number of thiazole rings is 1. The number of carboxylic acids is 1. The Labute approximate surface area is 291 Å². The van der Waals surface area contributed by atoms with Crippen molar-refractivity contribution in [2.45, 2.75) is 32.7 Å². The van der Waals surface area contributed by atoms with E-state index in [9.17, 15) is 19.5 Å². The van der Waals surface area contributed by atoms with Crippen LogP contribution < -0.4 is 19.7 Å². The Morgan fingerprint density at radius 2 is 1.52 bits per heavy atom. The molecule has 7 rings (SSSR count). The normalized spacial score (nSPS) is 16.3. The number of thiocarbonyl (C=S) groups is 1. The molecule has 0 saturated carbocycles. The highest BCUT2D eigenvalue weighted by Crippen LogP contribution is 2.50. The van der Waals surface area contributed by atoms with E-state index in [4.69, 9.17) is 12.2 Å². The van der Waals surface area contributed by atoms with Crippen molar-refractivity contribution >= 4 is 79.6 Å². The average Bonchev–Trinajstić information content (AvgIpc) is 3.63. The van der Waals surface area contributed by atoms with E-state index in [-0.39, 0.29) is 16.2 Å². The van der Waals surface area contributed by atoms with Crippen molar-refractivity contribution in [2.24, 2.45) is 0 Å². The lowest BCUT2D eigenvalue weighted by Gasteiger charge is -2.28. The fraction of sp³-hybridized carbons (Fsp3) is 0.158. The number of benzene rings is 4. The van der Waals surface area contributed by atoms with Gasteiger partial charge in [0.15, 0.2) is 0 Å². The first-order valence-corrected chi connectivity index (χ1v) is 17.5. The van der Waals surface area contributed by atoms with Crippen LogP contribution >= 0.6 is 35.3 Å². The number of para-hydroxylation sites is 1. The topological polar surface area (TPSA) is 82.9 Å². The maximum absolute atomic E-state index is 13.5. The van der Waals surface area contributed by atoms with E-state index in [0.717, 1.165) is 50.3 Å². The number of carbonyl (C=O) groups excluding carboxylic acids is 1. The SMILES string of the molecule is CCN1C(=O)/C(=c2\s/c(=C/c3ccc(N(c4ccccc4)c4ccc5c(c4)C(C)(C)c4ccccc4-5)cc3)c(=O)n2CC(=O)O)SC1=S. The molecule has 1 aromatic heterocycles. The molecule has 10 heteroatoms. The third-order valence-electron chi connectivity index (χ3n) is 8.85. The summed E-state index contributed by atoms with van der Waals surface area (Å²) in [5.41, 5.74) is 8.27. The maximum Gasteiger partial charge on any atom is 0.323 e. The standard InChI is InChI=1S/C38H31N3O4S3/c1-4-39-35(45)33(48-37(39)46)36-40(22-32(42)43)34(44)31(47-36)20-23-14-16-25(17-15-23)41(24-10-6-5-7-11-24)26-18-19-28-27-12-8-9-13-29(27)38(2,3)30(28)21-26/h5-21H,4,22H2,1-3H3,(H,42,43)/b31-20+,36-33+. The molecule has 2 heterocycles. The van der Waals surface area contributed by atoms with Gasteiger partial charge in [0, 0.05) is 29.0 Å². The summed E-state index contributed by atoms with van der Waals surface area (Å²) in [4.78, 5) is 42.2. The first kappa shape index (κ1) is 31.8. The van der Waals surface area contributed by atoms with Crippen LogP contribution in [0.2, 0.25) is 0 Å². The van der Waals surface area contributed by atoms with Crippen molar-refractivity contribution in [3.63, 3.8) is 0 Å². The summed E-state index contributed by atoms with van der Waals surface area (Å²) in [7, 11) is 0. The fourth-order valence-electron chi connectivity index (χ4n) is 6.49. The van der Waals surface area contributed by atoms with Crippen molar-refractivity contribution in [2.75, 3.05) is 11.4 Å². The van der Waals surface area contributed by atoms with Crippen LogP contribution in [0.25, 0.3) is 22.1 Å². The minimum atomic E-state index is -1.17. The lowest BCUT2D eigenvalue weighted by molar-refractivity contribution is -0.137. The molecule has 0 bridgehead atoms. The Balaban J connectivity index is 1.30. The van der Waals surface area contributed by atoms with Crippen LogP contribution in [-0.4, -0.2) is 37.3 Å². The Kier molecular flexibility index (Phi) is 8.19. The Morgan fingerprint density at radius 3 is 2.21 bits per heavy atom. The van der Waals surface area contributed by atoms with Crippen molar-refractivity contribution in [3.05, 3.63) is 133 Å². The second-order valence-corrected chi connectivity index (χ2v) is 14.8. The molecule has 4 aromatic carbocycles. The smallest absolute Gasteiger partial charge is 0.323 e. The average molecular weight is 690 g/mol. The highest BCUT2D eigenvalue weighted by atomic mass is 32.2. The van der Waals surface area contributed by atoms with Crippen LogP contribution in [0.3, 0.4) is 0 Å². The number of nitrogens with zero attached hydrogens (tertiary/aromatic N) is 3. The van der Waals surface area contributed by atoms with Gasteiger partial charge in [0.2, 0.25) is 0 Å². The quantitative estimate of drug-likeness (QED) is 0.193. The number of hydrogen-bond donors (Lipinski definition) is 1. The second kappa shape index (κ2) is 12.4. The van der Waals surface area contributed by atoms with E-state index in [1.165, 1.54) is 27.2 Å². The second-order valence-electron chi connectivity index (χ2n) is 12.1. The molecule has 1 N–H and O–H groups in total. The van der Waals surface area contributed by atoms with Crippen molar-refractivity contribution < 1.29 is 14.7 Å². The van der Waals surface area contributed by atoms with Gasteiger partial charge in [0.25, 0.3) is 11.5 Å². The number of thioether (sulfide) groups is 1. The third-order valence-corrected chi connectivity index (χ3v) is 11.5. The maximum atomic E-state index is 13.5. The van der Waals surface area contributed by atoms with Gasteiger partial charge in [-0.1, -0.05) is 98.5 Å². The Bertz CT molecular complexity index is 2310. The van der Waals surface area contributed by atoms with E-state index in [1.807, 2.05) is 49.4 Å². The van der Waals surface area contributed by atoms with Gasteiger partial charge in [-0.15, -0.1) is 11.3 Å². The number of aromatic nitrogens is 1. The number of aliphatic carboxylic acids is 1. The fourth-order valence-corrected chi connectivity index (χ4v) is 9.14. The molecule has 1 aliphatic carbocycles. The monoisotopic (exact) mass is 689 g/mol. The number of fused-ring (bicyclic) bond motifs is 3. The van der Waals surface area contributed by atoms with E-state index < -0.39 is 18.1 Å². The van der Waals surface area contributed by atoms with Crippen LogP contribution in [0.1, 0.15) is 37.5 Å².